The highest BCUT2D eigenvalue weighted by molar-refractivity contribution is 7.99. The van der Waals surface area contributed by atoms with Crippen LogP contribution in [0.15, 0.2) is 70.7 Å². The van der Waals surface area contributed by atoms with Crippen LogP contribution in [-0.2, 0) is 11.3 Å². The molecular formula is C52H69ClF3N13O3S. The van der Waals surface area contributed by atoms with E-state index in [2.05, 4.69) is 37.5 Å². The molecule has 5 heterocycles. The van der Waals surface area contributed by atoms with Gasteiger partial charge in [0.25, 0.3) is 5.91 Å². The number of piperidine rings is 3. The van der Waals surface area contributed by atoms with Crippen LogP contribution in [0.1, 0.15) is 81.9 Å². The normalized spacial score (nSPS) is 18.8. The van der Waals surface area contributed by atoms with Crippen LogP contribution >= 0.6 is 23.4 Å². The van der Waals surface area contributed by atoms with E-state index in [-0.39, 0.29) is 28.5 Å². The first-order chi connectivity index (χ1) is 34.7. The van der Waals surface area contributed by atoms with Crippen molar-refractivity contribution >= 4 is 64.0 Å². The van der Waals surface area contributed by atoms with Crippen LogP contribution in [-0.4, -0.2) is 149 Å². The summed E-state index contributed by atoms with van der Waals surface area (Å²) in [6.07, 6.45) is 3.33. The van der Waals surface area contributed by atoms with E-state index in [0.717, 1.165) is 131 Å². The molecule has 8 rings (SSSR count). The molecule has 16 nitrogen and oxygen atoms in total. The topological polar surface area (TPSA) is 215 Å². The minimum atomic E-state index is -4.71. The van der Waals surface area contributed by atoms with Gasteiger partial charge in [0.1, 0.15) is 34.7 Å². The van der Waals surface area contributed by atoms with Crippen molar-refractivity contribution in [1.82, 2.24) is 30.0 Å². The Morgan fingerprint density at radius 3 is 2.22 bits per heavy atom. The highest BCUT2D eigenvalue weighted by Gasteiger charge is 2.34. The number of amidine groups is 2. The zero-order valence-electron chi connectivity index (χ0n) is 41.9. The number of hydrogen-bond donors (Lipinski definition) is 7. The quantitative estimate of drug-likeness (QED) is 0.0505. The number of likely N-dealkylation sites (tertiary alicyclic amines) is 2. The van der Waals surface area contributed by atoms with Crippen molar-refractivity contribution in [3.8, 4) is 11.5 Å². The Kier molecular flexibility index (Phi) is 17.0. The standard InChI is InChI=1S/C52H69ClF3N13O3S/c1-33(2)38-27-39(42(71)28-41(38)70)47(58)69(48(59)49(72)62-32-52(54,55)56)37-9-7-34(8-10-37)30-64-17-13-36(14-18-64)66-19-11-35(12-20-66)31-65-23-25-67(26-24-65)40-5-4-6-43(45(40)53)73-50-46(57)63-44(29-61-50)68-21-15-51(3,60)16-22-68/h4-10,27-29,33,35-36,58-59,70-71H,11-26,30-32,60H2,1-3H3,(H2,57,63)(H,62,72). The summed E-state index contributed by atoms with van der Waals surface area (Å²) in [4.78, 5) is 36.3. The Morgan fingerprint density at radius 2 is 1.59 bits per heavy atom. The van der Waals surface area contributed by atoms with Crippen LogP contribution in [0, 0.1) is 16.7 Å². The van der Waals surface area contributed by atoms with Crippen LogP contribution in [0.2, 0.25) is 5.02 Å². The SMILES string of the molecule is CC(C)c1cc(C(=N)N(C(=N)C(=O)NCC(F)(F)F)c2ccc(CN3CCC(N4CCC(CN5CCN(c6cccc(Sc7ncc(N8CCC(C)(N)CC8)nc7N)c6Cl)CC5)CC4)CC3)cc2)c(O)cc1O. The number of phenolic OH excluding ortho intramolecular Hbond substituents is 2. The number of rotatable bonds is 13. The second-order valence-electron chi connectivity index (χ2n) is 20.6. The van der Waals surface area contributed by atoms with Gasteiger partial charge < -0.3 is 41.7 Å². The van der Waals surface area contributed by atoms with Crippen LogP contribution in [0.3, 0.4) is 0 Å². The lowest BCUT2D eigenvalue weighted by molar-refractivity contribution is -0.134. The minimum absolute atomic E-state index is 0.101. The van der Waals surface area contributed by atoms with Gasteiger partial charge in [-0.3, -0.25) is 30.3 Å². The van der Waals surface area contributed by atoms with E-state index in [4.69, 9.17) is 43.9 Å². The van der Waals surface area contributed by atoms with E-state index in [1.807, 2.05) is 24.3 Å². The number of carbonyl (C=O) groups is 1. The Bertz CT molecular complexity index is 2590. The van der Waals surface area contributed by atoms with Gasteiger partial charge in [-0.05, 0) is 125 Å². The van der Waals surface area contributed by atoms with E-state index in [9.17, 15) is 28.2 Å². The van der Waals surface area contributed by atoms with Gasteiger partial charge in [0.15, 0.2) is 11.7 Å². The van der Waals surface area contributed by atoms with E-state index in [1.54, 1.807) is 37.5 Å². The number of halogens is 4. The van der Waals surface area contributed by atoms with Gasteiger partial charge in [0, 0.05) is 80.6 Å². The van der Waals surface area contributed by atoms with Gasteiger partial charge in [-0.15, -0.1) is 0 Å². The Balaban J connectivity index is 0.784. The molecule has 73 heavy (non-hydrogen) atoms. The number of nitrogen functional groups attached to an aromatic ring is 1. The Hall–Kier alpha value is -5.38. The number of nitrogens with one attached hydrogen (secondary N) is 3. The van der Waals surface area contributed by atoms with Crippen LogP contribution in [0.4, 0.5) is 36.2 Å². The largest absolute Gasteiger partial charge is 0.508 e. The average Bonchev–Trinajstić information content (AvgIpc) is 3.35. The summed E-state index contributed by atoms with van der Waals surface area (Å²) in [5, 5.41) is 41.8. The first kappa shape index (κ1) is 53.9. The fraction of sp³-hybridized carbons (Fsp3) is 0.519. The molecule has 4 aromatic rings. The third-order valence-electron chi connectivity index (χ3n) is 14.8. The number of aromatic hydroxyl groups is 2. The molecule has 0 aliphatic carbocycles. The fourth-order valence-corrected chi connectivity index (χ4v) is 11.5. The van der Waals surface area contributed by atoms with Crippen LogP contribution in [0.5, 0.6) is 11.5 Å². The number of carbonyl (C=O) groups excluding carboxylic acids is 1. The molecular weight excluding hydrogens is 979 g/mol. The molecule has 4 aliphatic heterocycles. The molecule has 0 saturated carbocycles. The molecule has 9 N–H and O–H groups in total. The van der Waals surface area contributed by atoms with Crippen molar-refractivity contribution in [2.45, 2.75) is 99.4 Å². The number of phenols is 2. The lowest BCUT2D eigenvalue weighted by atomic mass is 9.91. The number of anilines is 4. The van der Waals surface area contributed by atoms with Crippen molar-refractivity contribution in [3.63, 3.8) is 0 Å². The lowest BCUT2D eigenvalue weighted by Gasteiger charge is -2.43. The fourth-order valence-electron chi connectivity index (χ4n) is 10.4. The third-order valence-corrected chi connectivity index (χ3v) is 16.4. The average molecular weight is 1050 g/mol. The molecule has 0 unspecified atom stereocenters. The maximum absolute atomic E-state index is 13.0. The maximum Gasteiger partial charge on any atom is 0.405 e. The van der Waals surface area contributed by atoms with E-state index >= 15 is 0 Å². The van der Waals surface area contributed by atoms with Crippen molar-refractivity contribution in [2.24, 2.45) is 11.7 Å². The zero-order chi connectivity index (χ0) is 52.2. The Labute approximate surface area is 435 Å². The first-order valence-electron chi connectivity index (χ1n) is 25.3. The lowest BCUT2D eigenvalue weighted by Crippen LogP contribution is -2.50. The molecule has 1 aromatic heterocycles. The predicted octanol–water partition coefficient (Wildman–Crippen LogP) is 7.70. The summed E-state index contributed by atoms with van der Waals surface area (Å²) < 4.78 is 39.0. The second-order valence-corrected chi connectivity index (χ2v) is 22.0. The number of nitrogens with zero attached hydrogens (tertiary/aromatic N) is 8. The summed E-state index contributed by atoms with van der Waals surface area (Å²) in [6, 6.07) is 16.0. The van der Waals surface area contributed by atoms with Crippen molar-refractivity contribution in [3.05, 3.63) is 82.5 Å². The van der Waals surface area contributed by atoms with Gasteiger partial charge in [-0.25, -0.2) is 9.97 Å². The second kappa shape index (κ2) is 23.0. The highest BCUT2D eigenvalue weighted by Crippen LogP contribution is 2.41. The van der Waals surface area contributed by atoms with Gasteiger partial charge in [-0.2, -0.15) is 13.2 Å². The smallest absolute Gasteiger partial charge is 0.405 e. The molecule has 0 spiro atoms. The molecule has 394 valence electrons. The maximum atomic E-state index is 13.0. The molecule has 0 radical (unpaired) electrons. The van der Waals surface area contributed by atoms with Gasteiger partial charge >= 0.3 is 6.18 Å². The van der Waals surface area contributed by atoms with Gasteiger partial charge in [0.2, 0.25) is 0 Å². The molecule has 4 fully saturated rings. The molecule has 0 atom stereocenters. The molecule has 3 aromatic carbocycles. The minimum Gasteiger partial charge on any atom is -0.508 e. The summed E-state index contributed by atoms with van der Waals surface area (Å²) in [7, 11) is 0. The van der Waals surface area contributed by atoms with Crippen molar-refractivity contribution in [2.75, 3.05) is 99.0 Å². The Morgan fingerprint density at radius 1 is 0.918 bits per heavy atom. The van der Waals surface area contributed by atoms with E-state index in [0.29, 0.717) is 39.9 Å². The number of hydrogen-bond acceptors (Lipinski definition) is 15. The first-order valence-corrected chi connectivity index (χ1v) is 26.4. The molecule has 4 aliphatic rings. The predicted molar refractivity (Wildman–Crippen MR) is 284 cm³/mol. The number of alkyl halides is 3. The monoisotopic (exact) mass is 1050 g/mol. The molecule has 1 amide bonds. The zero-order valence-corrected chi connectivity index (χ0v) is 43.5. The number of benzene rings is 3. The summed E-state index contributed by atoms with van der Waals surface area (Å²) in [6.45, 7) is 15.2. The van der Waals surface area contributed by atoms with Crippen LogP contribution in [0.25, 0.3) is 0 Å². The number of piperazine rings is 1. The summed E-state index contributed by atoms with van der Waals surface area (Å²) in [5.41, 5.74) is 15.1. The molecule has 21 heteroatoms. The number of amides is 1. The van der Waals surface area contributed by atoms with Gasteiger partial charge in [0.05, 0.1) is 22.5 Å². The van der Waals surface area contributed by atoms with Crippen molar-refractivity contribution in [1.29, 1.82) is 10.8 Å². The van der Waals surface area contributed by atoms with Crippen molar-refractivity contribution < 1.29 is 28.2 Å². The third kappa shape index (κ3) is 13.5. The van der Waals surface area contributed by atoms with Crippen LogP contribution < -0.4 is 31.5 Å². The molecule has 4 saturated heterocycles. The number of aromatic nitrogens is 2. The highest BCUT2D eigenvalue weighted by atomic mass is 35.5. The van der Waals surface area contributed by atoms with E-state index in [1.165, 1.54) is 30.7 Å². The molecule has 0 bridgehead atoms. The summed E-state index contributed by atoms with van der Waals surface area (Å²) >= 11 is 8.53. The number of nitrogens with two attached hydrogens (primary N) is 2. The summed E-state index contributed by atoms with van der Waals surface area (Å²) in [5.74, 6) is -1.84. The van der Waals surface area contributed by atoms with Gasteiger partial charge in [-0.1, -0.05) is 55.4 Å². The van der Waals surface area contributed by atoms with E-state index < -0.39 is 36.0 Å².